The van der Waals surface area contributed by atoms with Crippen molar-refractivity contribution in [2.24, 2.45) is 5.92 Å². The van der Waals surface area contributed by atoms with Gasteiger partial charge in [0.2, 0.25) is 11.8 Å². The van der Waals surface area contributed by atoms with Crippen LogP contribution in [0.3, 0.4) is 0 Å². The van der Waals surface area contributed by atoms with Crippen LogP contribution in [0.5, 0.6) is 0 Å². The van der Waals surface area contributed by atoms with Gasteiger partial charge in [0.15, 0.2) is 0 Å². The summed E-state index contributed by atoms with van der Waals surface area (Å²) in [5.74, 6) is 0.179. The second-order valence-corrected chi connectivity index (χ2v) is 6.63. The number of aryl methyl sites for hydroxylation is 1. The van der Waals surface area contributed by atoms with Gasteiger partial charge in [-0.15, -0.1) is 0 Å². The number of amides is 2. The molecule has 1 aromatic heterocycles. The van der Waals surface area contributed by atoms with Gasteiger partial charge in [-0.2, -0.15) is 5.10 Å². The van der Waals surface area contributed by atoms with E-state index in [-0.39, 0.29) is 30.2 Å². The van der Waals surface area contributed by atoms with Gasteiger partial charge < -0.3 is 10.2 Å². The molecule has 25 heavy (non-hydrogen) atoms. The lowest BCUT2D eigenvalue weighted by Gasteiger charge is -2.20. The molecule has 1 aromatic carbocycles. The molecule has 1 fully saturated rings. The van der Waals surface area contributed by atoms with Gasteiger partial charge in [-0.05, 0) is 31.9 Å². The average molecular weight is 340 g/mol. The third-order valence-corrected chi connectivity index (χ3v) is 4.57. The summed E-state index contributed by atoms with van der Waals surface area (Å²) in [6.45, 7) is 6.49. The Hall–Kier alpha value is -2.63. The number of benzene rings is 1. The van der Waals surface area contributed by atoms with E-state index in [2.05, 4.69) is 17.3 Å². The number of rotatable bonds is 5. The monoisotopic (exact) mass is 340 g/mol. The fourth-order valence-corrected chi connectivity index (χ4v) is 3.24. The highest BCUT2D eigenvalue weighted by Crippen LogP contribution is 2.29. The number of hydrogen-bond donors (Lipinski definition) is 1. The Morgan fingerprint density at radius 3 is 2.80 bits per heavy atom. The molecular formula is C19H24N4O2. The molecule has 1 aliphatic rings. The molecule has 1 saturated heterocycles. The summed E-state index contributed by atoms with van der Waals surface area (Å²) >= 11 is 0. The number of para-hydroxylation sites is 1. The van der Waals surface area contributed by atoms with Crippen LogP contribution >= 0.6 is 0 Å². The summed E-state index contributed by atoms with van der Waals surface area (Å²) in [5, 5.41) is 7.14. The smallest absolute Gasteiger partial charge is 0.230 e. The van der Waals surface area contributed by atoms with Gasteiger partial charge in [-0.25, -0.2) is 4.68 Å². The van der Waals surface area contributed by atoms with E-state index in [1.54, 1.807) is 21.8 Å². The molecule has 1 unspecified atom stereocenters. The third-order valence-electron chi connectivity index (χ3n) is 4.57. The van der Waals surface area contributed by atoms with Gasteiger partial charge >= 0.3 is 0 Å². The molecular weight excluding hydrogens is 316 g/mol. The molecule has 2 amide bonds. The van der Waals surface area contributed by atoms with Crippen LogP contribution in [0.1, 0.15) is 38.8 Å². The van der Waals surface area contributed by atoms with E-state index in [1.165, 1.54) is 0 Å². The molecule has 6 heteroatoms. The van der Waals surface area contributed by atoms with Gasteiger partial charge in [0, 0.05) is 30.8 Å². The van der Waals surface area contributed by atoms with E-state index < -0.39 is 0 Å². The second-order valence-electron chi connectivity index (χ2n) is 6.63. The third kappa shape index (κ3) is 3.43. The standard InChI is InChI=1S/C19H24N4O2/c1-4-14-7-5-6-8-16(14)22-12-15(11-18(22)24)19(25)21-17-9-10-20-23(17)13(2)3/h5-10,13,15H,4,11-12H2,1-3H3,(H,21,25). The Balaban J connectivity index is 1.74. The maximum absolute atomic E-state index is 12.6. The van der Waals surface area contributed by atoms with Gasteiger partial charge in [-0.1, -0.05) is 25.1 Å². The molecule has 6 nitrogen and oxygen atoms in total. The number of carbonyl (C=O) groups excluding carboxylic acids is 2. The van der Waals surface area contributed by atoms with Crippen molar-refractivity contribution in [2.45, 2.75) is 39.7 Å². The summed E-state index contributed by atoms with van der Waals surface area (Å²) in [6.07, 6.45) is 2.75. The van der Waals surface area contributed by atoms with Crippen LogP contribution in [0.2, 0.25) is 0 Å². The summed E-state index contributed by atoms with van der Waals surface area (Å²) in [5.41, 5.74) is 2.03. The predicted octanol–water partition coefficient (Wildman–Crippen LogP) is 3.02. The number of aromatic nitrogens is 2. The molecule has 2 aromatic rings. The van der Waals surface area contributed by atoms with Crippen LogP contribution < -0.4 is 10.2 Å². The SMILES string of the molecule is CCc1ccccc1N1CC(C(=O)Nc2ccnn2C(C)C)CC1=O. The fourth-order valence-electron chi connectivity index (χ4n) is 3.24. The number of carbonyl (C=O) groups is 2. The van der Waals surface area contributed by atoms with E-state index in [4.69, 9.17) is 0 Å². The Kier molecular flexibility index (Phi) is 4.88. The number of nitrogens with zero attached hydrogens (tertiary/aromatic N) is 3. The summed E-state index contributed by atoms with van der Waals surface area (Å²) < 4.78 is 1.76. The van der Waals surface area contributed by atoms with Crippen LogP contribution in [0.4, 0.5) is 11.5 Å². The fraction of sp³-hybridized carbons (Fsp3) is 0.421. The average Bonchev–Trinajstić information content (AvgIpc) is 3.21. The lowest BCUT2D eigenvalue weighted by atomic mass is 10.1. The zero-order valence-electron chi connectivity index (χ0n) is 14.9. The van der Waals surface area contributed by atoms with Gasteiger partial charge in [0.1, 0.15) is 5.82 Å². The van der Waals surface area contributed by atoms with Crippen molar-refractivity contribution >= 4 is 23.3 Å². The topological polar surface area (TPSA) is 67.2 Å². The molecule has 3 rings (SSSR count). The summed E-state index contributed by atoms with van der Waals surface area (Å²) in [6, 6.07) is 9.81. The van der Waals surface area contributed by atoms with E-state index in [0.29, 0.717) is 12.4 Å². The summed E-state index contributed by atoms with van der Waals surface area (Å²) in [7, 11) is 0. The first-order valence-electron chi connectivity index (χ1n) is 8.74. The van der Waals surface area contributed by atoms with Crippen LogP contribution in [-0.4, -0.2) is 28.1 Å². The quantitative estimate of drug-likeness (QED) is 0.910. The Bertz CT molecular complexity index is 781. The molecule has 0 saturated carbocycles. The molecule has 2 heterocycles. The van der Waals surface area contributed by atoms with E-state index >= 15 is 0 Å². The van der Waals surface area contributed by atoms with Crippen molar-refractivity contribution < 1.29 is 9.59 Å². The number of nitrogens with one attached hydrogen (secondary N) is 1. The molecule has 1 N–H and O–H groups in total. The van der Waals surface area contributed by atoms with Gasteiger partial charge in [0.05, 0.1) is 12.1 Å². The highest BCUT2D eigenvalue weighted by Gasteiger charge is 2.36. The Labute approximate surface area is 147 Å². The Morgan fingerprint density at radius 1 is 1.32 bits per heavy atom. The van der Waals surface area contributed by atoms with Crippen molar-refractivity contribution in [1.82, 2.24) is 9.78 Å². The minimum atomic E-state index is -0.354. The Morgan fingerprint density at radius 2 is 2.08 bits per heavy atom. The van der Waals surface area contributed by atoms with Crippen molar-refractivity contribution in [3.8, 4) is 0 Å². The molecule has 0 radical (unpaired) electrons. The molecule has 0 spiro atoms. The maximum atomic E-state index is 12.6. The summed E-state index contributed by atoms with van der Waals surface area (Å²) in [4.78, 5) is 26.8. The maximum Gasteiger partial charge on any atom is 0.230 e. The van der Waals surface area contributed by atoms with Crippen LogP contribution in [0.25, 0.3) is 0 Å². The molecule has 1 aliphatic heterocycles. The first kappa shape index (κ1) is 17.2. The first-order chi connectivity index (χ1) is 12.0. The zero-order chi connectivity index (χ0) is 18.0. The van der Waals surface area contributed by atoms with Crippen LogP contribution in [0, 0.1) is 5.92 Å². The van der Waals surface area contributed by atoms with Crippen molar-refractivity contribution in [1.29, 1.82) is 0 Å². The zero-order valence-corrected chi connectivity index (χ0v) is 14.9. The predicted molar refractivity (Wildman–Crippen MR) is 97.5 cm³/mol. The molecule has 0 bridgehead atoms. The van der Waals surface area contributed by atoms with Crippen molar-refractivity contribution in [3.63, 3.8) is 0 Å². The van der Waals surface area contributed by atoms with E-state index in [1.807, 2.05) is 38.1 Å². The second kappa shape index (κ2) is 7.09. The van der Waals surface area contributed by atoms with Crippen molar-refractivity contribution in [3.05, 3.63) is 42.1 Å². The van der Waals surface area contributed by atoms with Crippen LogP contribution in [0.15, 0.2) is 36.5 Å². The lowest BCUT2D eigenvalue weighted by Crippen LogP contribution is -2.29. The highest BCUT2D eigenvalue weighted by atomic mass is 16.2. The minimum absolute atomic E-state index is 0.00147. The van der Waals surface area contributed by atoms with E-state index in [0.717, 1.165) is 17.7 Å². The molecule has 1 atom stereocenters. The normalized spacial score (nSPS) is 17.4. The largest absolute Gasteiger partial charge is 0.311 e. The number of anilines is 2. The minimum Gasteiger partial charge on any atom is -0.311 e. The highest BCUT2D eigenvalue weighted by molar-refractivity contribution is 6.03. The van der Waals surface area contributed by atoms with Crippen LogP contribution in [-0.2, 0) is 16.0 Å². The van der Waals surface area contributed by atoms with Gasteiger partial charge in [-0.3, -0.25) is 9.59 Å². The number of hydrogen-bond acceptors (Lipinski definition) is 3. The first-order valence-corrected chi connectivity index (χ1v) is 8.74. The molecule has 0 aliphatic carbocycles. The van der Waals surface area contributed by atoms with Gasteiger partial charge in [0.25, 0.3) is 0 Å². The van der Waals surface area contributed by atoms with Crippen molar-refractivity contribution in [2.75, 3.05) is 16.8 Å². The molecule has 132 valence electrons. The lowest BCUT2D eigenvalue weighted by molar-refractivity contribution is -0.122. The van der Waals surface area contributed by atoms with E-state index in [9.17, 15) is 9.59 Å².